The minimum absolute atomic E-state index is 0.0453. The molecule has 132 valence electrons. The fourth-order valence-corrected chi connectivity index (χ4v) is 5.71. The first kappa shape index (κ1) is 17.2. The normalized spacial score (nSPS) is 26.2. The largest absolute Gasteiger partial charge is 0.496 e. The van der Waals surface area contributed by atoms with E-state index in [2.05, 4.69) is 4.90 Å². The molecule has 0 N–H and O–H groups in total. The molecule has 1 aromatic carbocycles. The average molecular weight is 356 g/mol. The van der Waals surface area contributed by atoms with Gasteiger partial charge in [-0.3, -0.25) is 9.69 Å². The maximum Gasteiger partial charge on any atom is 0.261 e. The van der Waals surface area contributed by atoms with Crippen molar-refractivity contribution in [2.75, 3.05) is 38.2 Å². The van der Waals surface area contributed by atoms with Gasteiger partial charge in [-0.05, 0) is 18.7 Å². The molecule has 2 fully saturated rings. The van der Waals surface area contributed by atoms with Crippen LogP contribution < -0.4 is 4.74 Å². The van der Waals surface area contributed by atoms with E-state index in [1.54, 1.807) is 0 Å². The van der Waals surface area contributed by atoms with E-state index in [0.29, 0.717) is 13.1 Å². The molecule has 0 spiro atoms. The summed E-state index contributed by atoms with van der Waals surface area (Å²) in [4.78, 5) is 16.5. The van der Waals surface area contributed by atoms with Crippen molar-refractivity contribution in [3.63, 3.8) is 0 Å². The lowest BCUT2D eigenvalue weighted by Gasteiger charge is -2.43. The number of benzene rings is 1. The zero-order chi connectivity index (χ0) is 17.5. The summed E-state index contributed by atoms with van der Waals surface area (Å²) in [6.07, 6.45) is 0. The van der Waals surface area contributed by atoms with E-state index >= 15 is 0 Å². The number of fused-ring (bicyclic) bond motifs is 1. The van der Waals surface area contributed by atoms with Gasteiger partial charge < -0.3 is 9.64 Å². The molecule has 0 aromatic heterocycles. The fourth-order valence-electron chi connectivity index (χ4n) is 3.70. The highest BCUT2D eigenvalue weighted by Crippen LogP contribution is 2.30. The van der Waals surface area contributed by atoms with Gasteiger partial charge in [0.25, 0.3) is 5.91 Å². The van der Waals surface area contributed by atoms with Crippen LogP contribution in [0.5, 0.6) is 5.75 Å². The summed E-state index contributed by atoms with van der Waals surface area (Å²) in [5.74, 6) is -1.03. The van der Waals surface area contributed by atoms with Gasteiger partial charge in [-0.15, -0.1) is 0 Å². The van der Waals surface area contributed by atoms with Crippen LogP contribution >= 0.6 is 0 Å². The van der Waals surface area contributed by atoms with Crippen LogP contribution in [0.3, 0.4) is 0 Å². The van der Waals surface area contributed by atoms with Crippen molar-refractivity contribution in [2.45, 2.75) is 19.0 Å². The van der Waals surface area contributed by atoms with Gasteiger partial charge in [0, 0.05) is 19.1 Å². The van der Waals surface area contributed by atoms with Crippen molar-refractivity contribution in [2.24, 2.45) is 0 Å². The molecule has 0 bridgehead atoms. The van der Waals surface area contributed by atoms with E-state index in [1.807, 2.05) is 6.92 Å². The van der Waals surface area contributed by atoms with Crippen molar-refractivity contribution in [3.8, 4) is 5.75 Å². The third-order valence-corrected chi connectivity index (χ3v) is 6.57. The van der Waals surface area contributed by atoms with E-state index < -0.39 is 27.6 Å². The standard InChI is InChI=1S/C16H21FN2O4S/c1-3-18-7-8-19(13-10-24(21,22)9-12(13)18)16(20)15-11(17)5-4-6-14(15)23-2/h4-6,12-13H,3,7-10H2,1-2H3/t12-,13+/m0/s1. The molecule has 0 aliphatic carbocycles. The second-order valence-electron chi connectivity index (χ2n) is 6.16. The molecule has 0 unspecified atom stereocenters. The molecular weight excluding hydrogens is 335 g/mol. The summed E-state index contributed by atoms with van der Waals surface area (Å²) in [5.41, 5.74) is -0.131. The lowest BCUT2D eigenvalue weighted by Crippen LogP contribution is -2.60. The molecule has 6 nitrogen and oxygen atoms in total. The van der Waals surface area contributed by atoms with Crippen molar-refractivity contribution in [3.05, 3.63) is 29.6 Å². The Hall–Kier alpha value is -1.67. The molecule has 2 atom stereocenters. The Bertz CT molecular complexity index is 752. The monoisotopic (exact) mass is 356 g/mol. The molecule has 0 radical (unpaired) electrons. The Morgan fingerprint density at radius 2 is 2.00 bits per heavy atom. The number of hydrogen-bond acceptors (Lipinski definition) is 5. The van der Waals surface area contributed by atoms with Crippen LogP contribution in [0.4, 0.5) is 4.39 Å². The highest BCUT2D eigenvalue weighted by molar-refractivity contribution is 7.91. The van der Waals surface area contributed by atoms with E-state index in [9.17, 15) is 17.6 Å². The summed E-state index contributed by atoms with van der Waals surface area (Å²) in [5, 5.41) is 0. The van der Waals surface area contributed by atoms with E-state index in [1.165, 1.54) is 30.2 Å². The third kappa shape index (κ3) is 2.88. The number of nitrogens with zero attached hydrogens (tertiary/aromatic N) is 2. The van der Waals surface area contributed by atoms with E-state index in [0.717, 1.165) is 6.54 Å². The predicted octanol–water partition coefficient (Wildman–Crippen LogP) is 0.778. The van der Waals surface area contributed by atoms with Gasteiger partial charge in [-0.25, -0.2) is 12.8 Å². The minimum Gasteiger partial charge on any atom is -0.496 e. The number of methoxy groups -OCH3 is 1. The van der Waals surface area contributed by atoms with Gasteiger partial charge in [0.05, 0.1) is 24.7 Å². The SMILES string of the molecule is CCN1CCN(C(=O)c2c(F)cccc2OC)[C@@H]2CS(=O)(=O)C[C@@H]21. The predicted molar refractivity (Wildman–Crippen MR) is 87.5 cm³/mol. The van der Waals surface area contributed by atoms with Gasteiger partial charge >= 0.3 is 0 Å². The molecular formula is C16H21FN2O4S. The van der Waals surface area contributed by atoms with Crippen LogP contribution in [0.15, 0.2) is 18.2 Å². The molecule has 1 aromatic rings. The van der Waals surface area contributed by atoms with Gasteiger partial charge in [-0.1, -0.05) is 13.0 Å². The first-order valence-electron chi connectivity index (χ1n) is 7.96. The highest BCUT2D eigenvalue weighted by atomic mass is 32.2. The van der Waals surface area contributed by atoms with Crippen molar-refractivity contribution in [1.82, 2.24) is 9.80 Å². The lowest BCUT2D eigenvalue weighted by molar-refractivity contribution is 0.0343. The molecule has 1 amide bonds. The van der Waals surface area contributed by atoms with Crippen LogP contribution in [0, 0.1) is 5.82 Å². The quantitative estimate of drug-likeness (QED) is 0.801. The average Bonchev–Trinajstić information content (AvgIpc) is 2.87. The van der Waals surface area contributed by atoms with Crippen molar-refractivity contribution in [1.29, 1.82) is 0 Å². The topological polar surface area (TPSA) is 66.9 Å². The fraction of sp³-hybridized carbons (Fsp3) is 0.562. The molecule has 8 heteroatoms. The summed E-state index contributed by atoms with van der Waals surface area (Å²) in [6.45, 7) is 3.65. The smallest absolute Gasteiger partial charge is 0.261 e. The van der Waals surface area contributed by atoms with Crippen LogP contribution in [-0.4, -0.2) is 74.5 Å². The second-order valence-corrected chi connectivity index (χ2v) is 8.31. The first-order chi connectivity index (χ1) is 11.4. The third-order valence-electron chi connectivity index (χ3n) is 4.87. The van der Waals surface area contributed by atoms with Crippen LogP contribution in [0.2, 0.25) is 0 Å². The van der Waals surface area contributed by atoms with Crippen molar-refractivity contribution >= 4 is 15.7 Å². The molecule has 2 aliphatic rings. The Kier molecular flexibility index (Phi) is 4.52. The highest BCUT2D eigenvalue weighted by Gasteiger charge is 2.48. The van der Waals surface area contributed by atoms with E-state index in [-0.39, 0.29) is 28.9 Å². The molecule has 24 heavy (non-hydrogen) atoms. The summed E-state index contributed by atoms with van der Waals surface area (Å²) in [6, 6.07) is 3.54. The molecule has 3 rings (SSSR count). The number of halogens is 1. The molecule has 2 saturated heterocycles. The zero-order valence-corrected chi connectivity index (χ0v) is 14.6. The maximum absolute atomic E-state index is 14.2. The molecule has 0 saturated carbocycles. The van der Waals surface area contributed by atoms with Gasteiger partial charge in [0.2, 0.25) is 0 Å². The van der Waals surface area contributed by atoms with Crippen molar-refractivity contribution < 1.29 is 22.3 Å². The second kappa shape index (κ2) is 6.33. The summed E-state index contributed by atoms with van der Waals surface area (Å²) < 4.78 is 43.5. The van der Waals surface area contributed by atoms with Crippen LogP contribution in [0.1, 0.15) is 17.3 Å². The minimum atomic E-state index is -3.21. The number of hydrogen-bond donors (Lipinski definition) is 0. The molecule has 2 heterocycles. The van der Waals surface area contributed by atoms with Gasteiger partial charge in [-0.2, -0.15) is 0 Å². The van der Waals surface area contributed by atoms with Crippen LogP contribution in [-0.2, 0) is 9.84 Å². The number of carbonyl (C=O) groups is 1. The number of carbonyl (C=O) groups excluding carboxylic acids is 1. The van der Waals surface area contributed by atoms with Crippen LogP contribution in [0.25, 0.3) is 0 Å². The number of sulfone groups is 1. The lowest BCUT2D eigenvalue weighted by atomic mass is 10.0. The Morgan fingerprint density at radius 1 is 1.29 bits per heavy atom. The van der Waals surface area contributed by atoms with Gasteiger partial charge in [0.1, 0.15) is 17.1 Å². The zero-order valence-electron chi connectivity index (χ0n) is 13.7. The first-order valence-corrected chi connectivity index (χ1v) is 9.78. The Labute approximate surface area is 141 Å². The summed E-state index contributed by atoms with van der Waals surface area (Å²) in [7, 11) is -1.83. The van der Waals surface area contributed by atoms with Gasteiger partial charge in [0.15, 0.2) is 9.84 Å². The number of rotatable bonds is 3. The molecule has 2 aliphatic heterocycles. The maximum atomic E-state index is 14.2. The number of piperazine rings is 1. The Morgan fingerprint density at radius 3 is 2.67 bits per heavy atom. The number of likely N-dealkylation sites (N-methyl/N-ethyl adjacent to an activating group) is 1. The van der Waals surface area contributed by atoms with E-state index in [4.69, 9.17) is 4.74 Å². The summed E-state index contributed by atoms with van der Waals surface area (Å²) >= 11 is 0. The number of ether oxygens (including phenoxy) is 1. The Balaban J connectivity index is 1.96. The number of amides is 1.